The molecule has 1 amide bonds. The number of amides is 1. The number of nitro groups is 1. The van der Waals surface area contributed by atoms with Gasteiger partial charge in [0, 0.05) is 6.07 Å². The molecule has 0 aliphatic carbocycles. The zero-order valence-corrected chi connectivity index (χ0v) is 9.65. The van der Waals surface area contributed by atoms with Gasteiger partial charge in [-0.25, -0.2) is 0 Å². The maximum Gasteiger partial charge on any atom is 0.328 e. The van der Waals surface area contributed by atoms with E-state index in [4.69, 9.17) is 0 Å². The summed E-state index contributed by atoms with van der Waals surface area (Å²) in [5, 5.41) is 26.0. The van der Waals surface area contributed by atoms with Crippen LogP contribution >= 0.6 is 0 Å². The SMILES string of the molecule is Cc1noc(NC(=O)c2cccc([N+](=O)[O-])c2O)n1. The second-order valence-electron chi connectivity index (χ2n) is 3.53. The topological polar surface area (TPSA) is 131 Å². The van der Waals surface area contributed by atoms with Crippen LogP contribution in [0.15, 0.2) is 22.7 Å². The number of nitro benzene ring substituents is 1. The third-order valence-electron chi connectivity index (χ3n) is 2.20. The molecule has 19 heavy (non-hydrogen) atoms. The summed E-state index contributed by atoms with van der Waals surface area (Å²) in [7, 11) is 0. The number of phenols is 1. The van der Waals surface area contributed by atoms with E-state index in [1.165, 1.54) is 12.1 Å². The van der Waals surface area contributed by atoms with Crippen LogP contribution in [0.5, 0.6) is 5.75 Å². The monoisotopic (exact) mass is 264 g/mol. The van der Waals surface area contributed by atoms with Crippen molar-refractivity contribution >= 4 is 17.6 Å². The van der Waals surface area contributed by atoms with Gasteiger partial charge in [-0.1, -0.05) is 11.2 Å². The molecule has 1 aromatic heterocycles. The number of nitrogens with zero attached hydrogens (tertiary/aromatic N) is 3. The van der Waals surface area contributed by atoms with E-state index in [2.05, 4.69) is 20.0 Å². The summed E-state index contributed by atoms with van der Waals surface area (Å²) in [6.45, 7) is 1.56. The van der Waals surface area contributed by atoms with Gasteiger partial charge in [0.1, 0.15) is 0 Å². The number of aromatic hydroxyl groups is 1. The minimum Gasteiger partial charge on any atom is -0.502 e. The number of phenolic OH excluding ortho intramolecular Hbond substituents is 1. The van der Waals surface area contributed by atoms with Crippen LogP contribution in [0, 0.1) is 17.0 Å². The molecule has 1 heterocycles. The molecule has 0 aliphatic heterocycles. The molecule has 0 unspecified atom stereocenters. The zero-order chi connectivity index (χ0) is 14.0. The van der Waals surface area contributed by atoms with Gasteiger partial charge in [0.05, 0.1) is 10.5 Å². The fraction of sp³-hybridized carbons (Fsp3) is 0.100. The lowest BCUT2D eigenvalue weighted by molar-refractivity contribution is -0.385. The molecule has 0 saturated carbocycles. The summed E-state index contributed by atoms with van der Waals surface area (Å²) < 4.78 is 4.67. The molecular weight excluding hydrogens is 256 g/mol. The molecular formula is C10H8N4O5. The Morgan fingerprint density at radius 3 is 2.84 bits per heavy atom. The van der Waals surface area contributed by atoms with Crippen LogP contribution < -0.4 is 5.32 Å². The number of para-hydroxylation sites is 1. The summed E-state index contributed by atoms with van der Waals surface area (Å²) in [4.78, 5) is 25.4. The van der Waals surface area contributed by atoms with Gasteiger partial charge in [-0.05, 0) is 13.0 Å². The van der Waals surface area contributed by atoms with Crippen molar-refractivity contribution in [3.05, 3.63) is 39.7 Å². The standard InChI is InChI=1S/C10H8N4O5/c1-5-11-10(19-13-5)12-9(16)6-3-2-4-7(8(6)15)14(17)18/h2-4,15H,1H3,(H,11,12,13,16). The van der Waals surface area contributed by atoms with Gasteiger partial charge in [0.2, 0.25) is 5.75 Å². The van der Waals surface area contributed by atoms with Gasteiger partial charge in [-0.2, -0.15) is 4.98 Å². The van der Waals surface area contributed by atoms with Crippen molar-refractivity contribution in [2.75, 3.05) is 5.32 Å². The Morgan fingerprint density at radius 2 is 2.26 bits per heavy atom. The van der Waals surface area contributed by atoms with E-state index in [0.29, 0.717) is 5.82 Å². The molecule has 0 spiro atoms. The van der Waals surface area contributed by atoms with Crippen molar-refractivity contribution < 1.29 is 19.3 Å². The van der Waals surface area contributed by atoms with E-state index in [1.54, 1.807) is 6.92 Å². The third-order valence-corrected chi connectivity index (χ3v) is 2.20. The molecule has 0 bridgehead atoms. The Kier molecular flexibility index (Phi) is 3.10. The van der Waals surface area contributed by atoms with E-state index < -0.39 is 22.3 Å². The molecule has 9 heteroatoms. The molecule has 9 nitrogen and oxygen atoms in total. The second kappa shape index (κ2) is 4.72. The van der Waals surface area contributed by atoms with Crippen molar-refractivity contribution in [1.29, 1.82) is 0 Å². The molecule has 2 rings (SSSR count). The fourth-order valence-electron chi connectivity index (χ4n) is 1.37. The third kappa shape index (κ3) is 2.49. The predicted octanol–water partition coefficient (Wildman–Crippen LogP) is 1.24. The van der Waals surface area contributed by atoms with Crippen LogP contribution in [-0.2, 0) is 0 Å². The number of benzene rings is 1. The molecule has 0 radical (unpaired) electrons. The largest absolute Gasteiger partial charge is 0.502 e. The smallest absolute Gasteiger partial charge is 0.328 e. The van der Waals surface area contributed by atoms with Crippen LogP contribution in [0.3, 0.4) is 0 Å². The van der Waals surface area contributed by atoms with Crippen molar-refractivity contribution in [2.24, 2.45) is 0 Å². The molecule has 1 aromatic carbocycles. The first-order valence-electron chi connectivity index (χ1n) is 5.07. The fourth-order valence-corrected chi connectivity index (χ4v) is 1.37. The number of aryl methyl sites for hydroxylation is 1. The maximum absolute atomic E-state index is 11.8. The number of nitrogens with one attached hydrogen (secondary N) is 1. The molecule has 2 aromatic rings. The van der Waals surface area contributed by atoms with Crippen LogP contribution in [0.2, 0.25) is 0 Å². The Morgan fingerprint density at radius 1 is 1.53 bits per heavy atom. The van der Waals surface area contributed by atoms with Gasteiger partial charge < -0.3 is 9.63 Å². The highest BCUT2D eigenvalue weighted by Crippen LogP contribution is 2.29. The number of hydrogen-bond acceptors (Lipinski definition) is 7. The first-order valence-corrected chi connectivity index (χ1v) is 5.07. The summed E-state index contributed by atoms with van der Waals surface area (Å²) in [5.74, 6) is -1.19. The van der Waals surface area contributed by atoms with E-state index >= 15 is 0 Å². The summed E-state index contributed by atoms with van der Waals surface area (Å²) in [5.41, 5.74) is -0.820. The Labute approximate surface area is 106 Å². The summed E-state index contributed by atoms with van der Waals surface area (Å²) in [6.07, 6.45) is 0. The highest BCUT2D eigenvalue weighted by Gasteiger charge is 2.21. The van der Waals surface area contributed by atoms with Gasteiger partial charge in [0.25, 0.3) is 5.91 Å². The lowest BCUT2D eigenvalue weighted by Crippen LogP contribution is -2.12. The van der Waals surface area contributed by atoms with Gasteiger partial charge in [-0.3, -0.25) is 20.2 Å². The minimum absolute atomic E-state index is 0.159. The van der Waals surface area contributed by atoms with Crippen LogP contribution in [-0.4, -0.2) is 26.1 Å². The molecule has 0 atom stereocenters. The Balaban J connectivity index is 2.29. The first-order chi connectivity index (χ1) is 8.99. The van der Waals surface area contributed by atoms with E-state index in [9.17, 15) is 20.0 Å². The molecule has 98 valence electrons. The molecule has 2 N–H and O–H groups in total. The van der Waals surface area contributed by atoms with Gasteiger partial charge >= 0.3 is 11.7 Å². The van der Waals surface area contributed by atoms with E-state index in [0.717, 1.165) is 6.07 Å². The van der Waals surface area contributed by atoms with Crippen LogP contribution in [0.1, 0.15) is 16.2 Å². The van der Waals surface area contributed by atoms with Crippen molar-refractivity contribution in [1.82, 2.24) is 10.1 Å². The van der Waals surface area contributed by atoms with Crippen LogP contribution in [0.4, 0.5) is 11.7 Å². The quantitative estimate of drug-likeness (QED) is 0.629. The number of anilines is 1. The Hall–Kier alpha value is -2.97. The lowest BCUT2D eigenvalue weighted by Gasteiger charge is -2.03. The van der Waals surface area contributed by atoms with Crippen LogP contribution in [0.25, 0.3) is 0 Å². The normalized spacial score (nSPS) is 10.2. The van der Waals surface area contributed by atoms with Crippen molar-refractivity contribution in [3.8, 4) is 5.75 Å². The van der Waals surface area contributed by atoms with Crippen molar-refractivity contribution in [3.63, 3.8) is 0 Å². The minimum atomic E-state index is -0.789. The molecule has 0 aliphatic rings. The average Bonchev–Trinajstić information content (AvgIpc) is 2.74. The Bertz CT molecular complexity index is 651. The summed E-state index contributed by atoms with van der Waals surface area (Å²) in [6, 6.07) is 3.45. The van der Waals surface area contributed by atoms with Gasteiger partial charge in [0.15, 0.2) is 5.82 Å². The zero-order valence-electron chi connectivity index (χ0n) is 9.65. The second-order valence-corrected chi connectivity index (χ2v) is 3.53. The predicted molar refractivity (Wildman–Crippen MR) is 61.7 cm³/mol. The van der Waals surface area contributed by atoms with Crippen molar-refractivity contribution in [2.45, 2.75) is 6.92 Å². The summed E-state index contributed by atoms with van der Waals surface area (Å²) >= 11 is 0. The lowest BCUT2D eigenvalue weighted by atomic mass is 10.1. The first kappa shape index (κ1) is 12.5. The van der Waals surface area contributed by atoms with E-state index in [-0.39, 0.29) is 11.6 Å². The van der Waals surface area contributed by atoms with E-state index in [1.807, 2.05) is 0 Å². The van der Waals surface area contributed by atoms with Gasteiger partial charge in [-0.15, -0.1) is 0 Å². The number of carbonyl (C=O) groups excluding carboxylic acids is 1. The molecule has 0 saturated heterocycles. The highest BCUT2D eigenvalue weighted by molar-refractivity contribution is 6.05. The number of rotatable bonds is 3. The highest BCUT2D eigenvalue weighted by atomic mass is 16.6. The number of hydrogen-bond donors (Lipinski definition) is 2. The number of aromatic nitrogens is 2. The maximum atomic E-state index is 11.8. The average molecular weight is 264 g/mol. The number of carbonyl (C=O) groups is 1. The molecule has 0 fully saturated rings.